The van der Waals surface area contributed by atoms with E-state index < -0.39 is 0 Å². The minimum absolute atomic E-state index is 0.228. The molecule has 1 aromatic carbocycles. The monoisotopic (exact) mass is 224 g/mol. The first-order valence-electron chi connectivity index (χ1n) is 5.50. The second kappa shape index (κ2) is 4.83. The third-order valence-electron chi connectivity index (χ3n) is 2.29. The molecule has 0 aromatic heterocycles. The van der Waals surface area contributed by atoms with Gasteiger partial charge in [-0.25, -0.2) is 4.39 Å². The van der Waals surface area contributed by atoms with Gasteiger partial charge in [0.15, 0.2) is 0 Å². The second-order valence-corrected chi connectivity index (χ2v) is 5.58. The summed E-state index contributed by atoms with van der Waals surface area (Å²) in [5, 5.41) is 0. The fraction of sp³-hybridized carbons (Fsp3) is 0.538. The van der Waals surface area contributed by atoms with Crippen LogP contribution in [0.15, 0.2) is 18.2 Å². The van der Waals surface area contributed by atoms with E-state index in [1.54, 1.807) is 6.07 Å². The van der Waals surface area contributed by atoms with Crippen LogP contribution in [0.1, 0.15) is 26.3 Å². The number of anilines is 1. The van der Waals surface area contributed by atoms with E-state index >= 15 is 0 Å². The standard InChI is InChI=1S/C13H21FN2/c1-13(2,3)9-16(4)8-10-7-11(14)5-6-12(10)15/h5-7H,8-9,15H2,1-4H3. The van der Waals surface area contributed by atoms with E-state index in [0.29, 0.717) is 12.2 Å². The number of nitrogens with zero attached hydrogens (tertiary/aromatic N) is 1. The van der Waals surface area contributed by atoms with Gasteiger partial charge in [-0.1, -0.05) is 20.8 Å². The first-order chi connectivity index (χ1) is 7.28. The lowest BCUT2D eigenvalue weighted by molar-refractivity contribution is 0.221. The van der Waals surface area contributed by atoms with Crippen LogP contribution in [0.3, 0.4) is 0 Å². The maximum absolute atomic E-state index is 13.1. The van der Waals surface area contributed by atoms with Crippen LogP contribution in [-0.4, -0.2) is 18.5 Å². The molecule has 0 fully saturated rings. The number of hydrogen-bond acceptors (Lipinski definition) is 2. The third-order valence-corrected chi connectivity index (χ3v) is 2.29. The molecule has 0 aliphatic carbocycles. The molecule has 0 saturated carbocycles. The van der Waals surface area contributed by atoms with Gasteiger partial charge in [-0.3, -0.25) is 0 Å². The average Bonchev–Trinajstić information content (AvgIpc) is 2.08. The normalized spacial score (nSPS) is 12.1. The lowest BCUT2D eigenvalue weighted by atomic mass is 9.96. The zero-order valence-corrected chi connectivity index (χ0v) is 10.5. The van der Waals surface area contributed by atoms with E-state index in [0.717, 1.165) is 12.1 Å². The summed E-state index contributed by atoms with van der Waals surface area (Å²) in [6, 6.07) is 4.52. The molecule has 1 aromatic rings. The van der Waals surface area contributed by atoms with E-state index in [-0.39, 0.29) is 11.2 Å². The van der Waals surface area contributed by atoms with Crippen molar-refractivity contribution in [2.45, 2.75) is 27.3 Å². The van der Waals surface area contributed by atoms with Gasteiger partial charge in [0.2, 0.25) is 0 Å². The lowest BCUT2D eigenvalue weighted by Crippen LogP contribution is -2.29. The summed E-state index contributed by atoms with van der Waals surface area (Å²) in [4.78, 5) is 2.16. The predicted molar refractivity (Wildman–Crippen MR) is 66.6 cm³/mol. The van der Waals surface area contributed by atoms with Gasteiger partial charge in [0.1, 0.15) is 5.82 Å². The molecule has 3 heteroatoms. The number of benzene rings is 1. The molecule has 1 rings (SSSR count). The fourth-order valence-electron chi connectivity index (χ4n) is 1.87. The first kappa shape index (κ1) is 13.0. The van der Waals surface area contributed by atoms with Gasteiger partial charge in [0.05, 0.1) is 0 Å². The van der Waals surface area contributed by atoms with Crippen LogP contribution >= 0.6 is 0 Å². The minimum Gasteiger partial charge on any atom is -0.398 e. The molecule has 0 aliphatic heterocycles. The summed E-state index contributed by atoms with van der Waals surface area (Å²) in [5.74, 6) is -0.228. The summed E-state index contributed by atoms with van der Waals surface area (Å²) in [6.45, 7) is 8.17. The summed E-state index contributed by atoms with van der Waals surface area (Å²) >= 11 is 0. The summed E-state index contributed by atoms with van der Waals surface area (Å²) in [7, 11) is 2.02. The Morgan fingerprint density at radius 1 is 1.31 bits per heavy atom. The number of nitrogen functional groups attached to an aromatic ring is 1. The summed E-state index contributed by atoms with van der Waals surface area (Å²) in [6.07, 6.45) is 0. The highest BCUT2D eigenvalue weighted by Gasteiger charge is 2.14. The molecule has 0 saturated heterocycles. The quantitative estimate of drug-likeness (QED) is 0.800. The van der Waals surface area contributed by atoms with Crippen LogP contribution in [0, 0.1) is 11.2 Å². The number of halogens is 1. The molecule has 0 aliphatic rings. The summed E-state index contributed by atoms with van der Waals surface area (Å²) < 4.78 is 13.1. The van der Waals surface area contributed by atoms with Crippen LogP contribution in [0.25, 0.3) is 0 Å². The molecule has 16 heavy (non-hydrogen) atoms. The van der Waals surface area contributed by atoms with E-state index in [1.165, 1.54) is 12.1 Å². The molecule has 0 spiro atoms. The molecular formula is C13H21FN2. The highest BCUT2D eigenvalue weighted by Crippen LogP contribution is 2.19. The van der Waals surface area contributed by atoms with E-state index in [4.69, 9.17) is 5.73 Å². The number of hydrogen-bond donors (Lipinski definition) is 1. The van der Waals surface area contributed by atoms with Crippen molar-refractivity contribution in [1.29, 1.82) is 0 Å². The number of rotatable bonds is 3. The SMILES string of the molecule is CN(Cc1cc(F)ccc1N)CC(C)(C)C. The van der Waals surface area contributed by atoms with Crippen molar-refractivity contribution in [1.82, 2.24) is 4.90 Å². The van der Waals surface area contributed by atoms with Crippen molar-refractivity contribution in [3.8, 4) is 0 Å². The van der Waals surface area contributed by atoms with E-state index in [1.807, 2.05) is 7.05 Å². The molecule has 0 atom stereocenters. The van der Waals surface area contributed by atoms with Crippen molar-refractivity contribution >= 4 is 5.69 Å². The van der Waals surface area contributed by atoms with E-state index in [9.17, 15) is 4.39 Å². The molecule has 0 bridgehead atoms. The molecule has 2 nitrogen and oxygen atoms in total. The van der Waals surface area contributed by atoms with Crippen molar-refractivity contribution in [3.05, 3.63) is 29.6 Å². The van der Waals surface area contributed by atoms with Crippen LogP contribution in [-0.2, 0) is 6.54 Å². The maximum atomic E-state index is 13.1. The van der Waals surface area contributed by atoms with Crippen molar-refractivity contribution in [3.63, 3.8) is 0 Å². The maximum Gasteiger partial charge on any atom is 0.123 e. The van der Waals surface area contributed by atoms with Gasteiger partial charge >= 0.3 is 0 Å². The zero-order chi connectivity index (χ0) is 12.3. The predicted octanol–water partition coefficient (Wildman–Crippen LogP) is 2.89. The Morgan fingerprint density at radius 2 is 1.94 bits per heavy atom. The van der Waals surface area contributed by atoms with Crippen LogP contribution < -0.4 is 5.73 Å². The molecule has 0 radical (unpaired) electrons. The van der Waals surface area contributed by atoms with Gasteiger partial charge < -0.3 is 10.6 Å². The zero-order valence-electron chi connectivity index (χ0n) is 10.5. The van der Waals surface area contributed by atoms with E-state index in [2.05, 4.69) is 25.7 Å². The molecule has 0 amide bonds. The molecule has 0 heterocycles. The van der Waals surface area contributed by atoms with Gasteiger partial charge in [-0.15, -0.1) is 0 Å². The smallest absolute Gasteiger partial charge is 0.123 e. The average molecular weight is 224 g/mol. The van der Waals surface area contributed by atoms with Crippen LogP contribution in [0.2, 0.25) is 0 Å². The molecular weight excluding hydrogens is 203 g/mol. The van der Waals surface area contributed by atoms with Crippen LogP contribution in [0.5, 0.6) is 0 Å². The minimum atomic E-state index is -0.228. The Kier molecular flexibility index (Phi) is 3.92. The van der Waals surface area contributed by atoms with Crippen molar-refractivity contribution in [2.75, 3.05) is 19.3 Å². The fourth-order valence-corrected chi connectivity index (χ4v) is 1.87. The van der Waals surface area contributed by atoms with Crippen molar-refractivity contribution < 1.29 is 4.39 Å². The second-order valence-electron chi connectivity index (χ2n) is 5.58. The molecule has 90 valence electrons. The van der Waals surface area contributed by atoms with Gasteiger partial charge in [-0.2, -0.15) is 0 Å². The number of nitrogens with two attached hydrogens (primary N) is 1. The van der Waals surface area contributed by atoms with Gasteiger partial charge in [-0.05, 0) is 36.2 Å². The largest absolute Gasteiger partial charge is 0.398 e. The highest BCUT2D eigenvalue weighted by atomic mass is 19.1. The molecule has 2 N–H and O–H groups in total. The Balaban J connectivity index is 2.69. The Labute approximate surface area is 97.3 Å². The highest BCUT2D eigenvalue weighted by molar-refractivity contribution is 5.46. The van der Waals surface area contributed by atoms with Crippen LogP contribution in [0.4, 0.5) is 10.1 Å². The molecule has 0 unspecified atom stereocenters. The van der Waals surface area contributed by atoms with Crippen molar-refractivity contribution in [2.24, 2.45) is 5.41 Å². The Morgan fingerprint density at radius 3 is 2.50 bits per heavy atom. The Bertz CT molecular complexity index is 355. The Hall–Kier alpha value is -1.09. The third kappa shape index (κ3) is 4.19. The summed E-state index contributed by atoms with van der Waals surface area (Å²) in [5.41, 5.74) is 7.55. The first-order valence-corrected chi connectivity index (χ1v) is 5.50. The lowest BCUT2D eigenvalue weighted by Gasteiger charge is -2.26. The topological polar surface area (TPSA) is 29.3 Å². The van der Waals surface area contributed by atoms with Gasteiger partial charge in [0.25, 0.3) is 0 Å². The van der Waals surface area contributed by atoms with Gasteiger partial charge in [0, 0.05) is 18.8 Å².